The van der Waals surface area contributed by atoms with Gasteiger partial charge in [0.05, 0.1) is 11.1 Å². The molecule has 0 N–H and O–H groups in total. The van der Waals surface area contributed by atoms with Crippen molar-refractivity contribution >= 4 is 10.9 Å². The van der Waals surface area contributed by atoms with Crippen molar-refractivity contribution < 1.29 is 13.2 Å². The number of para-hydroxylation sites is 1. The summed E-state index contributed by atoms with van der Waals surface area (Å²) in [5, 5.41) is 0.0714. The van der Waals surface area contributed by atoms with Crippen LogP contribution in [0.5, 0.6) is 0 Å². The fourth-order valence-corrected chi connectivity index (χ4v) is 2.33. The van der Waals surface area contributed by atoms with Crippen molar-refractivity contribution in [3.05, 3.63) is 45.2 Å². The molecule has 96 valence electrons. The third-order valence-electron chi connectivity index (χ3n) is 3.13. The van der Waals surface area contributed by atoms with E-state index >= 15 is 0 Å². The van der Waals surface area contributed by atoms with Gasteiger partial charge in [-0.1, -0.05) is 18.2 Å². The number of benzene rings is 1. The van der Waals surface area contributed by atoms with Crippen LogP contribution in [-0.2, 0) is 13.2 Å². The minimum Gasteiger partial charge on any atom is -0.311 e. The third kappa shape index (κ3) is 1.70. The van der Waals surface area contributed by atoms with Crippen LogP contribution in [-0.4, -0.2) is 4.57 Å². The molecule has 0 bridgehead atoms. The molecule has 18 heavy (non-hydrogen) atoms. The smallest absolute Gasteiger partial charge is 0.311 e. The van der Waals surface area contributed by atoms with Crippen molar-refractivity contribution in [3.63, 3.8) is 0 Å². The van der Waals surface area contributed by atoms with E-state index in [1.807, 2.05) is 0 Å². The molecule has 0 aliphatic heterocycles. The number of hydrogen-bond acceptors (Lipinski definition) is 1. The van der Waals surface area contributed by atoms with Gasteiger partial charge in [0.15, 0.2) is 0 Å². The number of nitrogens with zero attached hydrogens (tertiary/aromatic N) is 1. The van der Waals surface area contributed by atoms with Gasteiger partial charge in [0.1, 0.15) is 0 Å². The van der Waals surface area contributed by atoms with E-state index in [2.05, 4.69) is 0 Å². The quantitative estimate of drug-likeness (QED) is 0.708. The Hall–Kier alpha value is -1.78. The standard InChI is InChI=1S/C13H12F3NO/c1-7-5-4-6-9-10(13(14,15)16)8(2)12(18)17(3)11(7)9/h4-6H,1-3H3. The van der Waals surface area contributed by atoms with Crippen LogP contribution in [0.25, 0.3) is 10.9 Å². The van der Waals surface area contributed by atoms with Gasteiger partial charge in [-0.25, -0.2) is 0 Å². The normalized spacial score (nSPS) is 12.1. The van der Waals surface area contributed by atoms with Crippen molar-refractivity contribution in [2.24, 2.45) is 7.05 Å². The van der Waals surface area contributed by atoms with Crippen molar-refractivity contribution in [1.82, 2.24) is 4.57 Å². The molecule has 2 aromatic rings. The fraction of sp³-hybridized carbons (Fsp3) is 0.308. The van der Waals surface area contributed by atoms with Crippen LogP contribution in [0.15, 0.2) is 23.0 Å². The second-order valence-corrected chi connectivity index (χ2v) is 4.33. The van der Waals surface area contributed by atoms with Crippen molar-refractivity contribution in [2.45, 2.75) is 20.0 Å². The summed E-state index contributed by atoms with van der Waals surface area (Å²) in [7, 11) is 1.49. The third-order valence-corrected chi connectivity index (χ3v) is 3.13. The highest BCUT2D eigenvalue weighted by atomic mass is 19.4. The predicted molar refractivity (Wildman–Crippen MR) is 63.7 cm³/mol. The van der Waals surface area contributed by atoms with Gasteiger partial charge in [-0.2, -0.15) is 13.2 Å². The van der Waals surface area contributed by atoms with Gasteiger partial charge in [-0.05, 0) is 19.4 Å². The number of aryl methyl sites for hydroxylation is 2. The van der Waals surface area contributed by atoms with E-state index in [1.165, 1.54) is 24.6 Å². The largest absolute Gasteiger partial charge is 0.417 e. The first kappa shape index (κ1) is 12.7. The van der Waals surface area contributed by atoms with Gasteiger partial charge in [0.2, 0.25) is 0 Å². The molecule has 2 rings (SSSR count). The molecule has 0 atom stereocenters. The molecule has 0 radical (unpaired) electrons. The van der Waals surface area contributed by atoms with Crippen molar-refractivity contribution in [3.8, 4) is 0 Å². The maximum absolute atomic E-state index is 13.1. The van der Waals surface area contributed by atoms with Crippen LogP contribution >= 0.6 is 0 Å². The lowest BCUT2D eigenvalue weighted by Gasteiger charge is -2.17. The maximum atomic E-state index is 13.1. The van der Waals surface area contributed by atoms with E-state index in [4.69, 9.17) is 0 Å². The van der Waals surface area contributed by atoms with Crippen molar-refractivity contribution in [1.29, 1.82) is 0 Å². The Morgan fingerprint density at radius 1 is 1.17 bits per heavy atom. The van der Waals surface area contributed by atoms with Crippen LogP contribution < -0.4 is 5.56 Å². The molecule has 0 saturated carbocycles. The van der Waals surface area contributed by atoms with Crippen LogP contribution in [0.1, 0.15) is 16.7 Å². The van der Waals surface area contributed by atoms with Crippen LogP contribution in [0.4, 0.5) is 13.2 Å². The Bertz CT molecular complexity index is 683. The molecule has 5 heteroatoms. The molecule has 2 nitrogen and oxygen atoms in total. The highest BCUT2D eigenvalue weighted by Crippen LogP contribution is 2.36. The molecule has 0 aliphatic rings. The summed E-state index contributed by atoms with van der Waals surface area (Å²) < 4.78 is 40.5. The summed E-state index contributed by atoms with van der Waals surface area (Å²) >= 11 is 0. The van der Waals surface area contributed by atoms with Crippen molar-refractivity contribution in [2.75, 3.05) is 0 Å². The highest BCUT2D eigenvalue weighted by molar-refractivity contribution is 5.86. The summed E-state index contributed by atoms with van der Waals surface area (Å²) in [6.07, 6.45) is -4.52. The Kier molecular flexibility index (Phi) is 2.72. The maximum Gasteiger partial charge on any atom is 0.417 e. The molecule has 1 heterocycles. The molecule has 1 aromatic carbocycles. The monoisotopic (exact) mass is 255 g/mol. The van der Waals surface area contributed by atoms with E-state index in [0.717, 1.165) is 0 Å². The first-order valence-electron chi connectivity index (χ1n) is 5.41. The Balaban J connectivity index is 3.13. The molecule has 0 amide bonds. The highest BCUT2D eigenvalue weighted by Gasteiger charge is 2.36. The van der Waals surface area contributed by atoms with Gasteiger partial charge in [0, 0.05) is 18.0 Å². The molecule has 0 fully saturated rings. The lowest BCUT2D eigenvalue weighted by molar-refractivity contribution is -0.136. The first-order valence-corrected chi connectivity index (χ1v) is 5.41. The number of aromatic nitrogens is 1. The number of fused-ring (bicyclic) bond motifs is 1. The topological polar surface area (TPSA) is 22.0 Å². The average molecular weight is 255 g/mol. The van der Waals surface area contributed by atoms with E-state index in [0.29, 0.717) is 11.1 Å². The van der Waals surface area contributed by atoms with Gasteiger partial charge in [0.25, 0.3) is 5.56 Å². The average Bonchev–Trinajstić information content (AvgIpc) is 2.24. The van der Waals surface area contributed by atoms with E-state index < -0.39 is 17.3 Å². The second-order valence-electron chi connectivity index (χ2n) is 4.33. The number of pyridine rings is 1. The summed E-state index contributed by atoms with van der Waals surface area (Å²) in [6.45, 7) is 2.91. The fourth-order valence-electron chi connectivity index (χ4n) is 2.33. The summed E-state index contributed by atoms with van der Waals surface area (Å²) in [5.74, 6) is 0. The number of alkyl halides is 3. The number of halogens is 3. The van der Waals surface area contributed by atoms with Gasteiger partial charge >= 0.3 is 6.18 Å². The first-order chi connectivity index (χ1) is 8.25. The van der Waals surface area contributed by atoms with Crippen LogP contribution in [0.2, 0.25) is 0 Å². The van der Waals surface area contributed by atoms with Gasteiger partial charge in [-0.15, -0.1) is 0 Å². The zero-order valence-electron chi connectivity index (χ0n) is 10.2. The molecule has 1 aromatic heterocycles. The molecule has 0 unspecified atom stereocenters. The van der Waals surface area contributed by atoms with Crippen LogP contribution in [0.3, 0.4) is 0 Å². The van der Waals surface area contributed by atoms with Gasteiger partial charge < -0.3 is 4.57 Å². The van der Waals surface area contributed by atoms with Crippen LogP contribution in [0, 0.1) is 13.8 Å². The van der Waals surface area contributed by atoms with E-state index in [9.17, 15) is 18.0 Å². The summed E-state index contributed by atoms with van der Waals surface area (Å²) in [4.78, 5) is 11.9. The Morgan fingerprint density at radius 2 is 1.78 bits per heavy atom. The molecular weight excluding hydrogens is 243 g/mol. The Morgan fingerprint density at radius 3 is 2.33 bits per heavy atom. The van der Waals surface area contributed by atoms with E-state index in [-0.39, 0.29) is 10.9 Å². The zero-order valence-corrected chi connectivity index (χ0v) is 10.2. The molecular formula is C13H12F3NO. The minimum absolute atomic E-state index is 0.0714. The molecule has 0 spiro atoms. The summed E-state index contributed by atoms with van der Waals surface area (Å²) in [6, 6.07) is 4.66. The molecule has 0 aliphatic carbocycles. The number of rotatable bonds is 0. The lowest BCUT2D eigenvalue weighted by Crippen LogP contribution is -2.25. The Labute approximate surface area is 102 Å². The molecule has 0 saturated heterocycles. The predicted octanol–water partition coefficient (Wildman–Crippen LogP) is 3.17. The minimum atomic E-state index is -4.52. The SMILES string of the molecule is Cc1c(C(F)(F)F)c2cccc(C)c2n(C)c1=O. The summed E-state index contributed by atoms with van der Waals surface area (Å²) in [5.41, 5.74) is -0.713. The van der Waals surface area contributed by atoms with E-state index in [1.54, 1.807) is 19.1 Å². The zero-order chi connectivity index (χ0) is 13.7. The number of hydrogen-bond donors (Lipinski definition) is 0. The van der Waals surface area contributed by atoms with Gasteiger partial charge in [-0.3, -0.25) is 4.79 Å². The lowest BCUT2D eigenvalue weighted by atomic mass is 10.0. The second kappa shape index (κ2) is 3.86.